The van der Waals surface area contributed by atoms with Gasteiger partial charge in [0.05, 0.1) is 0 Å². The molecule has 0 radical (unpaired) electrons. The minimum atomic E-state index is 0. The molecule has 3 aliphatic carbocycles. The summed E-state index contributed by atoms with van der Waals surface area (Å²) in [6.45, 7) is 0. The second kappa shape index (κ2) is 3.01. The van der Waals surface area contributed by atoms with Crippen LogP contribution in [0, 0.1) is 11.8 Å². The molecular weight excluding hydrogens is 229 g/mol. The molecule has 0 nitrogen and oxygen atoms in total. The van der Waals surface area contributed by atoms with Crippen molar-refractivity contribution >= 4 is 15.9 Å². The van der Waals surface area contributed by atoms with E-state index in [1.165, 1.54) is 25.7 Å². The first-order valence-corrected chi connectivity index (χ1v) is 4.43. The number of fused-ring (bicyclic) bond motifs is 2. The van der Waals surface area contributed by atoms with Crippen LogP contribution in [0.2, 0.25) is 0 Å². The molecule has 2 heteroatoms. The van der Waals surface area contributed by atoms with Gasteiger partial charge in [-0.25, -0.2) is 0 Å². The molecule has 3 rings (SSSR count). The fraction of sp³-hybridized carbons (Fsp3) is 1.00. The third kappa shape index (κ3) is 1.26. The molecule has 0 amide bonds. The van der Waals surface area contributed by atoms with Crippen LogP contribution in [0.5, 0.6) is 0 Å². The van der Waals surface area contributed by atoms with Crippen molar-refractivity contribution in [1.82, 2.24) is 0 Å². The van der Waals surface area contributed by atoms with Gasteiger partial charge in [0.1, 0.15) is 0 Å². The average molecular weight is 240 g/mol. The molecule has 9 heavy (non-hydrogen) atoms. The molecule has 2 atom stereocenters. The van der Waals surface area contributed by atoms with Crippen LogP contribution in [0.25, 0.3) is 0 Å². The molecule has 3 aliphatic rings. The summed E-state index contributed by atoms with van der Waals surface area (Å²) in [5, 5.41) is 0. The second-order valence-electron chi connectivity index (χ2n) is 3.13. The Labute approximate surface area is 77.7 Å². The number of halogens is 1. The van der Waals surface area contributed by atoms with E-state index in [0.29, 0.717) is 0 Å². The zero-order valence-corrected chi connectivity index (χ0v) is 10.2. The van der Waals surface area contributed by atoms with Gasteiger partial charge in [-0.3, -0.25) is 0 Å². The summed E-state index contributed by atoms with van der Waals surface area (Å²) in [5.74, 6) is 2.13. The van der Waals surface area contributed by atoms with E-state index in [2.05, 4.69) is 15.9 Å². The minimum absolute atomic E-state index is 0. The molecule has 0 aromatic heterocycles. The molecule has 0 aromatic carbocycles. The molecule has 0 heterocycles. The van der Waals surface area contributed by atoms with Crippen molar-refractivity contribution in [2.75, 3.05) is 0 Å². The Balaban J connectivity index is 0.000000405. The van der Waals surface area contributed by atoms with E-state index in [4.69, 9.17) is 0 Å². The minimum Gasteiger partial charge on any atom is -0.0885 e. The topological polar surface area (TPSA) is 0 Å². The molecule has 0 saturated heterocycles. The number of hydrogen-bond donors (Lipinski definition) is 0. The van der Waals surface area contributed by atoms with E-state index in [0.717, 1.165) is 16.7 Å². The third-order valence-corrected chi connectivity index (χ3v) is 4.15. The predicted molar refractivity (Wildman–Crippen MR) is 38.2 cm³/mol. The second-order valence-corrected chi connectivity index (χ2v) is 4.19. The maximum Gasteiger partial charge on any atom is 0.0202 e. The Hall–Kier alpha value is 1.10. The van der Waals surface area contributed by atoms with Gasteiger partial charge >= 0.3 is 0 Å². The van der Waals surface area contributed by atoms with Gasteiger partial charge in [0.25, 0.3) is 0 Å². The van der Waals surface area contributed by atoms with E-state index in [9.17, 15) is 0 Å². The van der Waals surface area contributed by atoms with Crippen molar-refractivity contribution in [3.63, 3.8) is 0 Å². The molecule has 0 spiro atoms. The molecule has 0 N–H and O–H groups in total. The Morgan fingerprint density at radius 1 is 1.11 bits per heavy atom. The van der Waals surface area contributed by atoms with Crippen LogP contribution in [-0.4, -0.2) is 4.83 Å². The fourth-order valence-corrected chi connectivity index (χ4v) is 2.99. The smallest absolute Gasteiger partial charge is 0.0202 e. The summed E-state index contributed by atoms with van der Waals surface area (Å²) < 4.78 is 0. The monoisotopic (exact) mass is 238 g/mol. The van der Waals surface area contributed by atoms with Crippen molar-refractivity contribution in [3.8, 4) is 0 Å². The predicted octanol–water partition coefficient (Wildman–Crippen LogP) is 2.57. The van der Waals surface area contributed by atoms with E-state index < -0.39 is 0 Å². The van der Waals surface area contributed by atoms with Gasteiger partial charge in [0.2, 0.25) is 0 Å². The normalized spacial score (nSPS) is 47.0. The largest absolute Gasteiger partial charge is 0.0885 e. The SMILES string of the molecule is BrC1C2CCCC1C2.[Zn]. The Bertz CT molecular complexity index is 91.1. The van der Waals surface area contributed by atoms with E-state index >= 15 is 0 Å². The van der Waals surface area contributed by atoms with Gasteiger partial charge in [0.15, 0.2) is 0 Å². The molecule has 3 saturated carbocycles. The first-order valence-electron chi connectivity index (χ1n) is 3.52. The summed E-state index contributed by atoms with van der Waals surface area (Å²) in [6, 6.07) is 0. The van der Waals surface area contributed by atoms with Crippen molar-refractivity contribution in [3.05, 3.63) is 0 Å². The summed E-state index contributed by atoms with van der Waals surface area (Å²) in [7, 11) is 0. The molecule has 0 aromatic rings. The van der Waals surface area contributed by atoms with Crippen molar-refractivity contribution in [2.24, 2.45) is 11.8 Å². The molecular formula is C7H11BrZn. The maximum absolute atomic E-state index is 3.70. The van der Waals surface area contributed by atoms with Gasteiger partial charge in [-0.05, 0) is 31.1 Å². The molecule has 2 bridgehead atoms. The molecule has 0 aliphatic heterocycles. The van der Waals surface area contributed by atoms with E-state index in [1.807, 2.05) is 0 Å². The van der Waals surface area contributed by atoms with E-state index in [1.54, 1.807) is 0 Å². The molecule has 48 valence electrons. The quantitative estimate of drug-likeness (QED) is 0.451. The summed E-state index contributed by atoms with van der Waals surface area (Å²) in [5.41, 5.74) is 0. The fourth-order valence-electron chi connectivity index (χ4n) is 2.03. The summed E-state index contributed by atoms with van der Waals surface area (Å²) in [6.07, 6.45) is 6.01. The van der Waals surface area contributed by atoms with Gasteiger partial charge in [-0.1, -0.05) is 22.4 Å². The standard InChI is InChI=1S/C7H11Br.Zn/c8-7-5-2-1-3-6(7)4-5;/h5-7H,1-4H2;. The van der Waals surface area contributed by atoms with Crippen LogP contribution < -0.4 is 0 Å². The number of rotatable bonds is 0. The van der Waals surface area contributed by atoms with Gasteiger partial charge in [-0.15, -0.1) is 0 Å². The first kappa shape index (κ1) is 8.20. The van der Waals surface area contributed by atoms with Crippen molar-refractivity contribution in [1.29, 1.82) is 0 Å². The first-order chi connectivity index (χ1) is 3.88. The third-order valence-electron chi connectivity index (χ3n) is 2.66. The Kier molecular flexibility index (Phi) is 2.74. The maximum atomic E-state index is 3.70. The zero-order valence-electron chi connectivity index (χ0n) is 5.65. The van der Waals surface area contributed by atoms with Crippen LogP contribution >= 0.6 is 15.9 Å². The molecule has 2 unspecified atom stereocenters. The Morgan fingerprint density at radius 2 is 1.67 bits per heavy atom. The number of alkyl halides is 1. The van der Waals surface area contributed by atoms with Gasteiger partial charge in [0, 0.05) is 24.3 Å². The Morgan fingerprint density at radius 3 is 1.89 bits per heavy atom. The van der Waals surface area contributed by atoms with Crippen LogP contribution in [-0.2, 0) is 19.5 Å². The zero-order chi connectivity index (χ0) is 5.56. The van der Waals surface area contributed by atoms with Crippen molar-refractivity contribution in [2.45, 2.75) is 30.5 Å². The average Bonchev–Trinajstić information content (AvgIpc) is 1.89. The summed E-state index contributed by atoms with van der Waals surface area (Å²) >= 11 is 3.70. The van der Waals surface area contributed by atoms with Crippen LogP contribution in [0.1, 0.15) is 25.7 Å². The van der Waals surface area contributed by atoms with Crippen LogP contribution in [0.3, 0.4) is 0 Å². The van der Waals surface area contributed by atoms with Gasteiger partial charge < -0.3 is 0 Å². The molecule has 3 fully saturated rings. The van der Waals surface area contributed by atoms with Crippen molar-refractivity contribution < 1.29 is 19.5 Å². The van der Waals surface area contributed by atoms with Crippen LogP contribution in [0.15, 0.2) is 0 Å². The van der Waals surface area contributed by atoms with E-state index in [-0.39, 0.29) is 19.5 Å². The summed E-state index contributed by atoms with van der Waals surface area (Å²) in [4.78, 5) is 0.913. The van der Waals surface area contributed by atoms with Crippen LogP contribution in [0.4, 0.5) is 0 Å². The number of hydrogen-bond acceptors (Lipinski definition) is 0. The van der Waals surface area contributed by atoms with Gasteiger partial charge in [-0.2, -0.15) is 0 Å².